The van der Waals surface area contributed by atoms with Crippen molar-refractivity contribution in [1.82, 2.24) is 0 Å². The molecule has 0 unspecified atom stereocenters. The van der Waals surface area contributed by atoms with Crippen molar-refractivity contribution >= 4 is 16.3 Å². The topological polar surface area (TPSA) is 0 Å². The van der Waals surface area contributed by atoms with Crippen LogP contribution in [0.5, 0.6) is 0 Å². The Morgan fingerprint density at radius 1 is 0.513 bits per heavy atom. The molecule has 0 heteroatoms. The Kier molecular flexibility index (Phi) is 6.93. The minimum atomic E-state index is 0.900. The van der Waals surface area contributed by atoms with Crippen LogP contribution in [0.3, 0.4) is 0 Å². The van der Waals surface area contributed by atoms with Gasteiger partial charge in [-0.1, -0.05) is 127 Å². The number of aryl methyl sites for hydroxylation is 1. The van der Waals surface area contributed by atoms with Gasteiger partial charge in [-0.05, 0) is 105 Å². The second kappa shape index (κ2) is 11.0. The van der Waals surface area contributed by atoms with Crippen molar-refractivity contribution in [1.29, 1.82) is 0 Å². The Morgan fingerprint density at radius 2 is 1.08 bits per heavy atom. The fourth-order valence-corrected chi connectivity index (χ4v) is 5.36. The van der Waals surface area contributed by atoms with Gasteiger partial charge in [0.1, 0.15) is 0 Å². The van der Waals surface area contributed by atoms with Crippen LogP contribution in [0.4, 0.5) is 0 Å². The van der Waals surface area contributed by atoms with Crippen LogP contribution >= 0.6 is 0 Å². The molecule has 6 rings (SSSR count). The van der Waals surface area contributed by atoms with E-state index in [-0.39, 0.29) is 0 Å². The molecule has 6 aromatic carbocycles. The van der Waals surface area contributed by atoms with Gasteiger partial charge in [-0.3, -0.25) is 0 Å². The third-order valence-electron chi connectivity index (χ3n) is 7.65. The third kappa shape index (κ3) is 5.33. The Balaban J connectivity index is 1.29. The van der Waals surface area contributed by atoms with Crippen molar-refractivity contribution in [3.63, 3.8) is 0 Å². The predicted octanol–water partition coefficient (Wildman–Crippen LogP) is 10.8. The minimum absolute atomic E-state index is 0.900. The number of benzene rings is 6. The van der Waals surface area contributed by atoms with E-state index in [1.807, 2.05) is 0 Å². The molecule has 0 aliphatic rings. The van der Waals surface area contributed by atoms with Crippen molar-refractivity contribution < 1.29 is 0 Å². The van der Waals surface area contributed by atoms with Gasteiger partial charge >= 0.3 is 0 Å². The molecule has 0 spiro atoms. The smallest absolute Gasteiger partial charge is 0.00915 e. The van der Waals surface area contributed by atoms with Crippen LogP contribution in [0, 0.1) is 6.92 Å². The Morgan fingerprint density at radius 3 is 1.69 bits per heavy atom. The maximum absolute atomic E-state index is 2.36. The third-order valence-corrected chi connectivity index (χ3v) is 7.65. The van der Waals surface area contributed by atoms with Gasteiger partial charge in [0.2, 0.25) is 0 Å². The number of fused-ring (bicyclic) bond motifs is 1. The molecule has 0 nitrogen and oxygen atoms in total. The lowest BCUT2D eigenvalue weighted by Crippen LogP contribution is -1.89. The molecule has 0 heterocycles. The van der Waals surface area contributed by atoms with Crippen LogP contribution in [0.2, 0.25) is 0 Å². The monoisotopic (exact) mass is 500 g/mol. The van der Waals surface area contributed by atoms with Crippen molar-refractivity contribution in [2.75, 3.05) is 0 Å². The molecule has 0 radical (unpaired) electrons. The second-order valence-corrected chi connectivity index (χ2v) is 10.3. The first-order valence-electron chi connectivity index (χ1n) is 13.7. The lowest BCUT2D eigenvalue weighted by atomic mass is 9.93. The summed E-state index contributed by atoms with van der Waals surface area (Å²) < 4.78 is 0. The summed E-state index contributed by atoms with van der Waals surface area (Å²) in [7, 11) is 0. The standard InChI is InChI=1S/C39H32/c1-28(34-25-35(31-11-5-3-6-12-31)27-36(26-34)32-13-7-4-8-14-32)17-19-30-20-22-33(23-21-30)38-24-18-29(2)37-15-9-10-16-39(37)38/h3-18,20-27H,19H2,1-2H3/b28-17+. The summed E-state index contributed by atoms with van der Waals surface area (Å²) in [6.07, 6.45) is 3.26. The zero-order chi connectivity index (χ0) is 26.6. The summed E-state index contributed by atoms with van der Waals surface area (Å²) in [5.41, 5.74) is 12.7. The summed E-state index contributed by atoms with van der Waals surface area (Å²) in [5.74, 6) is 0. The Hall–Kier alpha value is -4.68. The zero-order valence-corrected chi connectivity index (χ0v) is 22.6. The highest BCUT2D eigenvalue weighted by Gasteiger charge is 2.08. The van der Waals surface area contributed by atoms with E-state index in [1.165, 1.54) is 66.4 Å². The van der Waals surface area contributed by atoms with Crippen LogP contribution in [-0.2, 0) is 6.42 Å². The minimum Gasteiger partial charge on any atom is -0.0766 e. The number of hydrogen-bond acceptors (Lipinski definition) is 0. The molecule has 6 aromatic rings. The number of allylic oxidation sites excluding steroid dienone is 2. The molecule has 0 saturated carbocycles. The average molecular weight is 501 g/mol. The predicted molar refractivity (Wildman–Crippen MR) is 169 cm³/mol. The first-order valence-corrected chi connectivity index (χ1v) is 13.7. The first-order chi connectivity index (χ1) is 19.2. The lowest BCUT2D eigenvalue weighted by Gasteiger charge is -2.12. The normalized spacial score (nSPS) is 11.6. The van der Waals surface area contributed by atoms with Crippen molar-refractivity contribution in [2.45, 2.75) is 20.3 Å². The molecule has 0 aromatic heterocycles. The van der Waals surface area contributed by atoms with E-state index in [1.54, 1.807) is 0 Å². The fraction of sp³-hybridized carbons (Fsp3) is 0.0769. The van der Waals surface area contributed by atoms with Crippen molar-refractivity contribution in [3.8, 4) is 33.4 Å². The van der Waals surface area contributed by atoms with Gasteiger partial charge < -0.3 is 0 Å². The summed E-state index contributed by atoms with van der Waals surface area (Å²) in [6, 6.07) is 50.5. The molecular formula is C39H32. The van der Waals surface area contributed by atoms with Gasteiger partial charge in [-0.2, -0.15) is 0 Å². The quantitative estimate of drug-likeness (QED) is 0.213. The van der Waals surface area contributed by atoms with Crippen LogP contribution in [0.1, 0.15) is 23.6 Å². The molecule has 0 fully saturated rings. The Labute approximate surface area is 231 Å². The highest BCUT2D eigenvalue weighted by molar-refractivity contribution is 5.98. The molecule has 0 amide bonds. The van der Waals surface area contributed by atoms with Gasteiger partial charge in [0.15, 0.2) is 0 Å². The average Bonchev–Trinajstić information content (AvgIpc) is 3.01. The largest absolute Gasteiger partial charge is 0.0766 e. The molecule has 0 bridgehead atoms. The van der Waals surface area contributed by atoms with Gasteiger partial charge in [-0.25, -0.2) is 0 Å². The van der Waals surface area contributed by atoms with E-state index >= 15 is 0 Å². The van der Waals surface area contributed by atoms with Crippen LogP contribution in [0.15, 0.2) is 146 Å². The summed E-state index contributed by atoms with van der Waals surface area (Å²) >= 11 is 0. The summed E-state index contributed by atoms with van der Waals surface area (Å²) in [6.45, 7) is 4.41. The van der Waals surface area contributed by atoms with Crippen molar-refractivity contribution in [3.05, 3.63) is 162 Å². The van der Waals surface area contributed by atoms with Crippen molar-refractivity contribution in [2.24, 2.45) is 0 Å². The zero-order valence-electron chi connectivity index (χ0n) is 22.6. The molecule has 0 saturated heterocycles. The van der Waals surface area contributed by atoms with Crippen LogP contribution < -0.4 is 0 Å². The summed E-state index contributed by atoms with van der Waals surface area (Å²) in [4.78, 5) is 0. The molecule has 0 aliphatic heterocycles. The number of rotatable bonds is 6. The molecule has 0 N–H and O–H groups in total. The van der Waals surface area contributed by atoms with Crippen LogP contribution in [-0.4, -0.2) is 0 Å². The Bertz CT molecular complexity index is 1700. The molecule has 39 heavy (non-hydrogen) atoms. The van der Waals surface area contributed by atoms with Crippen LogP contribution in [0.25, 0.3) is 49.7 Å². The maximum Gasteiger partial charge on any atom is -0.00915 e. The summed E-state index contributed by atoms with van der Waals surface area (Å²) in [5, 5.41) is 2.64. The lowest BCUT2D eigenvalue weighted by molar-refractivity contribution is 1.27. The van der Waals surface area contributed by atoms with Gasteiger partial charge in [0.05, 0.1) is 0 Å². The van der Waals surface area contributed by atoms with E-state index in [9.17, 15) is 0 Å². The highest BCUT2D eigenvalue weighted by atomic mass is 14.1. The van der Waals surface area contributed by atoms with Gasteiger partial charge in [0, 0.05) is 0 Å². The van der Waals surface area contributed by atoms with E-state index in [2.05, 4.69) is 159 Å². The van der Waals surface area contributed by atoms with Gasteiger partial charge in [-0.15, -0.1) is 0 Å². The molecular weight excluding hydrogens is 468 g/mol. The highest BCUT2D eigenvalue weighted by Crippen LogP contribution is 2.32. The molecule has 0 atom stereocenters. The number of hydrogen-bond donors (Lipinski definition) is 0. The SMILES string of the molecule is C/C(=C\Cc1ccc(-c2ccc(C)c3ccccc23)cc1)c1cc(-c2ccccc2)cc(-c2ccccc2)c1. The van der Waals surface area contributed by atoms with E-state index in [0.29, 0.717) is 0 Å². The fourth-order valence-electron chi connectivity index (χ4n) is 5.36. The van der Waals surface area contributed by atoms with E-state index < -0.39 is 0 Å². The van der Waals surface area contributed by atoms with E-state index in [0.717, 1.165) is 6.42 Å². The maximum atomic E-state index is 2.36. The molecule has 188 valence electrons. The second-order valence-electron chi connectivity index (χ2n) is 10.3. The van der Waals surface area contributed by atoms with Gasteiger partial charge in [0.25, 0.3) is 0 Å². The first kappa shape index (κ1) is 24.6. The van der Waals surface area contributed by atoms with E-state index in [4.69, 9.17) is 0 Å². The molecule has 0 aliphatic carbocycles.